The molecule has 0 radical (unpaired) electrons. The number of Topliss-reactive ketones (excluding diaryl/α,β-unsaturated/α-hetero) is 1. The third kappa shape index (κ3) is 3.36. The van der Waals surface area contributed by atoms with Crippen molar-refractivity contribution in [2.45, 2.75) is 38.5 Å². The highest BCUT2D eigenvalue weighted by atomic mass is 35.5. The molecule has 4 nitrogen and oxygen atoms in total. The Hall–Kier alpha value is -2.26. The molecule has 2 aromatic rings. The third-order valence-electron chi connectivity index (χ3n) is 5.39. The molecule has 0 bridgehead atoms. The van der Waals surface area contributed by atoms with Crippen molar-refractivity contribution in [2.24, 2.45) is 5.73 Å². The second kappa shape index (κ2) is 7.87. The van der Waals surface area contributed by atoms with E-state index in [0.29, 0.717) is 45.5 Å². The monoisotopic (exact) mass is 443 g/mol. The van der Waals surface area contributed by atoms with E-state index < -0.39 is 5.92 Å². The second-order valence-electron chi connectivity index (χ2n) is 7.07. The molecule has 2 aliphatic rings. The van der Waals surface area contributed by atoms with E-state index in [4.69, 9.17) is 28.9 Å². The summed E-state index contributed by atoms with van der Waals surface area (Å²) in [5.74, 6) is 0.0101. The van der Waals surface area contributed by atoms with E-state index in [0.717, 1.165) is 23.4 Å². The zero-order valence-corrected chi connectivity index (χ0v) is 18.2. The van der Waals surface area contributed by atoms with Crippen LogP contribution >= 0.6 is 34.5 Å². The Balaban J connectivity index is 1.95. The molecular weight excluding hydrogens is 425 g/mol. The molecule has 1 aromatic heterocycles. The Morgan fingerprint density at radius 1 is 1.24 bits per heavy atom. The lowest BCUT2D eigenvalue weighted by atomic mass is 9.78. The molecule has 4 rings (SSSR count). The van der Waals surface area contributed by atoms with E-state index in [9.17, 15) is 10.1 Å². The first kappa shape index (κ1) is 20.0. The molecule has 0 saturated carbocycles. The summed E-state index contributed by atoms with van der Waals surface area (Å²) < 4.78 is 0. The van der Waals surface area contributed by atoms with Gasteiger partial charge in [-0.1, -0.05) is 30.1 Å². The van der Waals surface area contributed by atoms with Crippen molar-refractivity contribution in [2.75, 3.05) is 4.90 Å². The van der Waals surface area contributed by atoms with Crippen LogP contribution in [0.25, 0.3) is 0 Å². The fourth-order valence-corrected chi connectivity index (χ4v) is 5.39. The van der Waals surface area contributed by atoms with Gasteiger partial charge in [0.1, 0.15) is 5.82 Å². The Morgan fingerprint density at radius 2 is 2.03 bits per heavy atom. The molecule has 2 N–H and O–H groups in total. The van der Waals surface area contributed by atoms with Gasteiger partial charge in [0.25, 0.3) is 0 Å². The standard InChI is InChI=1S/C22H19Cl2N3OS/c1-2-13-7-9-19(29-13)20-14(11-25)22(26)27(12-6-8-15(23)16(24)10-12)17-4-3-5-18(28)21(17)20/h6-10,20H,2-5,26H2,1H3/t20-/m0/s1. The molecule has 2 heterocycles. The van der Waals surface area contributed by atoms with E-state index in [1.54, 1.807) is 34.4 Å². The largest absolute Gasteiger partial charge is 0.384 e. The highest BCUT2D eigenvalue weighted by Gasteiger charge is 2.40. The SMILES string of the molecule is CCc1ccc([C@@H]2C(C#N)=C(N)N(c3ccc(Cl)c(Cl)c3)C3=C2C(=O)CCC3)s1. The summed E-state index contributed by atoms with van der Waals surface area (Å²) >= 11 is 14.0. The minimum absolute atomic E-state index is 0.0769. The lowest BCUT2D eigenvalue weighted by Crippen LogP contribution is -2.38. The normalized spacial score (nSPS) is 19.4. The van der Waals surface area contributed by atoms with Gasteiger partial charge in [0.05, 0.1) is 27.6 Å². The number of nitriles is 1. The molecule has 0 saturated heterocycles. The maximum absolute atomic E-state index is 13.1. The van der Waals surface area contributed by atoms with Crippen LogP contribution in [0.4, 0.5) is 5.69 Å². The molecule has 0 fully saturated rings. The first-order valence-electron chi connectivity index (χ1n) is 9.46. The second-order valence-corrected chi connectivity index (χ2v) is 9.09. The number of rotatable bonds is 3. The van der Waals surface area contributed by atoms with Gasteiger partial charge in [0, 0.05) is 33.1 Å². The maximum atomic E-state index is 13.1. The van der Waals surface area contributed by atoms with Crippen molar-refractivity contribution in [3.8, 4) is 6.07 Å². The summed E-state index contributed by atoms with van der Waals surface area (Å²) in [4.78, 5) is 17.1. The lowest BCUT2D eigenvalue weighted by Gasteiger charge is -2.39. The van der Waals surface area contributed by atoms with E-state index in [2.05, 4.69) is 19.1 Å². The number of nitrogens with zero attached hydrogens (tertiary/aromatic N) is 2. The number of ketones is 1. The van der Waals surface area contributed by atoms with Gasteiger partial charge in [0.15, 0.2) is 5.78 Å². The van der Waals surface area contributed by atoms with Crippen LogP contribution in [0.1, 0.15) is 41.9 Å². The highest BCUT2D eigenvalue weighted by molar-refractivity contribution is 7.12. The van der Waals surface area contributed by atoms with Crippen LogP contribution in [-0.2, 0) is 11.2 Å². The number of halogens is 2. The van der Waals surface area contributed by atoms with Crippen molar-refractivity contribution in [3.05, 3.63) is 72.8 Å². The van der Waals surface area contributed by atoms with Gasteiger partial charge in [-0.2, -0.15) is 5.26 Å². The molecule has 0 unspecified atom stereocenters. The molecule has 0 spiro atoms. The smallest absolute Gasteiger partial charge is 0.161 e. The number of hydrogen-bond donors (Lipinski definition) is 1. The van der Waals surface area contributed by atoms with Crippen LogP contribution in [0.3, 0.4) is 0 Å². The number of nitrogens with two attached hydrogens (primary N) is 1. The number of benzene rings is 1. The average molecular weight is 444 g/mol. The fraction of sp³-hybridized carbons (Fsp3) is 0.273. The number of thiophene rings is 1. The van der Waals surface area contributed by atoms with E-state index in [1.807, 2.05) is 6.07 Å². The van der Waals surface area contributed by atoms with Crippen LogP contribution < -0.4 is 10.6 Å². The summed E-state index contributed by atoms with van der Waals surface area (Å²) in [5, 5.41) is 10.8. The quantitative estimate of drug-likeness (QED) is 0.638. The molecule has 29 heavy (non-hydrogen) atoms. The van der Waals surface area contributed by atoms with Gasteiger partial charge in [-0.25, -0.2) is 0 Å². The number of carbonyl (C=O) groups excluding carboxylic acids is 1. The number of anilines is 1. The first-order chi connectivity index (χ1) is 14.0. The average Bonchev–Trinajstić information content (AvgIpc) is 3.18. The summed E-state index contributed by atoms with van der Waals surface area (Å²) in [6, 6.07) is 11.6. The Labute approximate surface area is 183 Å². The van der Waals surface area contributed by atoms with Crippen LogP contribution in [0.15, 0.2) is 53.0 Å². The molecule has 1 aliphatic carbocycles. The molecule has 0 amide bonds. The maximum Gasteiger partial charge on any atom is 0.161 e. The highest BCUT2D eigenvalue weighted by Crippen LogP contribution is 2.48. The van der Waals surface area contributed by atoms with Crippen LogP contribution in [0.2, 0.25) is 10.0 Å². The topological polar surface area (TPSA) is 70.1 Å². The van der Waals surface area contributed by atoms with Crippen molar-refractivity contribution in [1.82, 2.24) is 0 Å². The van der Waals surface area contributed by atoms with Gasteiger partial charge in [-0.3, -0.25) is 9.69 Å². The minimum Gasteiger partial charge on any atom is -0.384 e. The third-order valence-corrected chi connectivity index (χ3v) is 7.42. The van der Waals surface area contributed by atoms with Gasteiger partial charge in [-0.05, 0) is 49.6 Å². The Kier molecular flexibility index (Phi) is 5.44. The summed E-state index contributed by atoms with van der Waals surface area (Å²) in [7, 11) is 0. The number of hydrogen-bond acceptors (Lipinski definition) is 5. The van der Waals surface area contributed by atoms with Gasteiger partial charge in [0.2, 0.25) is 0 Å². The molecule has 1 atom stereocenters. The van der Waals surface area contributed by atoms with Crippen molar-refractivity contribution in [3.63, 3.8) is 0 Å². The zero-order valence-electron chi connectivity index (χ0n) is 15.8. The van der Waals surface area contributed by atoms with Gasteiger partial charge >= 0.3 is 0 Å². The zero-order chi connectivity index (χ0) is 20.7. The molecule has 1 aliphatic heterocycles. The van der Waals surface area contributed by atoms with Crippen LogP contribution in [0.5, 0.6) is 0 Å². The molecular formula is C22H19Cl2N3OS. The molecule has 1 aromatic carbocycles. The van der Waals surface area contributed by atoms with Gasteiger partial charge < -0.3 is 5.73 Å². The number of allylic oxidation sites excluding steroid dienone is 3. The Morgan fingerprint density at radius 3 is 2.69 bits per heavy atom. The van der Waals surface area contributed by atoms with Crippen molar-refractivity contribution >= 4 is 46.0 Å². The summed E-state index contributed by atoms with van der Waals surface area (Å²) in [6.07, 6.45) is 2.86. The predicted molar refractivity (Wildman–Crippen MR) is 118 cm³/mol. The predicted octanol–water partition coefficient (Wildman–Crippen LogP) is 5.92. The van der Waals surface area contributed by atoms with Gasteiger partial charge in [-0.15, -0.1) is 11.3 Å². The Bertz CT molecular complexity index is 1110. The fourth-order valence-electron chi connectivity index (χ4n) is 4.03. The number of aryl methyl sites for hydroxylation is 1. The van der Waals surface area contributed by atoms with E-state index in [1.165, 1.54) is 4.88 Å². The first-order valence-corrected chi connectivity index (χ1v) is 11.0. The summed E-state index contributed by atoms with van der Waals surface area (Å²) in [5.41, 5.74) is 9.17. The van der Waals surface area contributed by atoms with Crippen LogP contribution in [-0.4, -0.2) is 5.78 Å². The summed E-state index contributed by atoms with van der Waals surface area (Å²) in [6.45, 7) is 2.09. The minimum atomic E-state index is -0.410. The van der Waals surface area contributed by atoms with E-state index >= 15 is 0 Å². The van der Waals surface area contributed by atoms with E-state index in [-0.39, 0.29) is 5.78 Å². The molecule has 7 heteroatoms. The van der Waals surface area contributed by atoms with Crippen LogP contribution in [0, 0.1) is 11.3 Å². The number of carbonyl (C=O) groups is 1. The molecule has 148 valence electrons. The van der Waals surface area contributed by atoms with Crippen molar-refractivity contribution in [1.29, 1.82) is 5.26 Å². The van der Waals surface area contributed by atoms with Crippen molar-refractivity contribution < 1.29 is 4.79 Å². The lowest BCUT2D eigenvalue weighted by molar-refractivity contribution is -0.116.